The molecule has 5 atom stereocenters. The summed E-state index contributed by atoms with van der Waals surface area (Å²) in [6, 6.07) is 0. The molecule has 5 unspecified atom stereocenters. The summed E-state index contributed by atoms with van der Waals surface area (Å²) in [5.41, 5.74) is 2.70. The Kier molecular flexibility index (Phi) is 4.70. The van der Waals surface area contributed by atoms with Crippen LogP contribution in [0.4, 0.5) is 0 Å². The fourth-order valence-electron chi connectivity index (χ4n) is 7.40. The molecule has 166 valence electrons. The zero-order valence-corrected chi connectivity index (χ0v) is 19.6. The maximum Gasteiger partial charge on any atom is 0.220 e. The molecule has 4 rings (SSSR count). The molecule has 0 aromatic heterocycles. The van der Waals surface area contributed by atoms with Crippen molar-refractivity contribution < 1.29 is 19.5 Å². The second kappa shape index (κ2) is 6.63. The van der Waals surface area contributed by atoms with E-state index in [1.165, 1.54) is 5.57 Å². The minimum absolute atomic E-state index is 0.0165. The monoisotopic (exact) mass is 422 g/mol. The van der Waals surface area contributed by atoms with Crippen LogP contribution in [0.2, 0.25) is 0 Å². The number of carbonyl (C=O) groups excluding carboxylic acids is 3. The summed E-state index contributed by atoms with van der Waals surface area (Å²) in [6.45, 7) is 12.3. The average Bonchev–Trinajstić information content (AvgIpc) is 2.71. The van der Waals surface area contributed by atoms with Crippen LogP contribution >= 0.6 is 0 Å². The van der Waals surface area contributed by atoms with Crippen molar-refractivity contribution in [3.63, 3.8) is 0 Å². The summed E-state index contributed by atoms with van der Waals surface area (Å²) in [5.74, 6) is -0.369. The molecule has 1 N–H and O–H groups in total. The molecule has 0 spiro atoms. The van der Waals surface area contributed by atoms with Crippen LogP contribution in [0, 0.1) is 27.6 Å². The Bertz CT molecular complexity index is 1020. The summed E-state index contributed by atoms with van der Waals surface area (Å²) in [5, 5.41) is 10.2. The van der Waals surface area contributed by atoms with Gasteiger partial charge in [-0.2, -0.15) is 0 Å². The van der Waals surface area contributed by atoms with Crippen molar-refractivity contribution in [2.24, 2.45) is 27.6 Å². The smallest absolute Gasteiger partial charge is 0.220 e. The molecule has 0 aromatic rings. The highest BCUT2D eigenvalue weighted by Crippen LogP contribution is 2.72. The molecule has 0 aliphatic heterocycles. The van der Waals surface area contributed by atoms with Crippen molar-refractivity contribution in [3.8, 4) is 0 Å². The number of rotatable bonds is 3. The Morgan fingerprint density at radius 3 is 2.42 bits per heavy atom. The number of carbonyl (C=O) groups is 3. The van der Waals surface area contributed by atoms with E-state index in [0.29, 0.717) is 12.0 Å². The zero-order chi connectivity index (χ0) is 23.0. The van der Waals surface area contributed by atoms with Crippen LogP contribution in [0.3, 0.4) is 0 Å². The van der Waals surface area contributed by atoms with E-state index in [0.717, 1.165) is 43.1 Å². The van der Waals surface area contributed by atoms with Gasteiger partial charge >= 0.3 is 0 Å². The molecule has 2 fully saturated rings. The molecule has 0 aromatic carbocycles. The van der Waals surface area contributed by atoms with Crippen molar-refractivity contribution in [1.82, 2.24) is 0 Å². The highest BCUT2D eigenvalue weighted by molar-refractivity contribution is 6.06. The van der Waals surface area contributed by atoms with Crippen LogP contribution in [0.15, 0.2) is 46.3 Å². The van der Waals surface area contributed by atoms with Gasteiger partial charge in [-0.05, 0) is 73.5 Å². The molecule has 4 nitrogen and oxygen atoms in total. The third kappa shape index (κ3) is 2.69. The van der Waals surface area contributed by atoms with E-state index in [9.17, 15) is 19.5 Å². The van der Waals surface area contributed by atoms with Crippen molar-refractivity contribution in [3.05, 3.63) is 46.3 Å². The Labute approximate surface area is 185 Å². The van der Waals surface area contributed by atoms with E-state index < -0.39 is 5.41 Å². The minimum Gasteiger partial charge on any atom is -0.504 e. The summed E-state index contributed by atoms with van der Waals surface area (Å²) < 4.78 is 0. The highest BCUT2D eigenvalue weighted by atomic mass is 16.3. The van der Waals surface area contributed by atoms with E-state index in [4.69, 9.17) is 0 Å². The van der Waals surface area contributed by atoms with E-state index in [-0.39, 0.29) is 39.5 Å². The first kappa shape index (κ1) is 22.0. The molecule has 31 heavy (non-hydrogen) atoms. The van der Waals surface area contributed by atoms with Gasteiger partial charge in [-0.1, -0.05) is 45.4 Å². The standard InChI is InChI=1S/C27H34O4/c1-16(29)13-22-24(3,15-28)9-11-26(5)21-8-7-18-17(2)23(31)20(30)14-19(18)25(21,4)10-12-27(22,26)6/h7-8,14-15,22,31H,9-13H2,1-6H3. The number of hydrogen-bond donors (Lipinski definition) is 1. The predicted octanol–water partition coefficient (Wildman–Crippen LogP) is 5.60. The number of fused-ring (bicyclic) bond motifs is 5. The second-order valence-electron chi connectivity index (χ2n) is 11.2. The van der Waals surface area contributed by atoms with Crippen LogP contribution in [0.5, 0.6) is 0 Å². The normalized spacial score (nSPS) is 41.9. The van der Waals surface area contributed by atoms with Crippen molar-refractivity contribution in [2.75, 3.05) is 0 Å². The van der Waals surface area contributed by atoms with Crippen LogP contribution < -0.4 is 0 Å². The van der Waals surface area contributed by atoms with Gasteiger partial charge in [0.1, 0.15) is 12.1 Å². The molecule has 4 aliphatic rings. The van der Waals surface area contributed by atoms with Gasteiger partial charge in [0, 0.05) is 22.8 Å². The molecule has 0 bridgehead atoms. The lowest BCUT2D eigenvalue weighted by atomic mass is 9.36. The fraction of sp³-hybridized carbons (Fsp3) is 0.593. The Balaban J connectivity index is 1.90. The third-order valence-corrected chi connectivity index (χ3v) is 9.65. The molecule has 0 amide bonds. The quantitative estimate of drug-likeness (QED) is 0.601. The number of aldehydes is 1. The molecule has 0 heterocycles. The number of hydrogen-bond acceptors (Lipinski definition) is 4. The minimum atomic E-state index is -0.505. The van der Waals surface area contributed by atoms with Gasteiger partial charge < -0.3 is 14.7 Å². The SMILES string of the molecule is CC(=O)CC1C(C)(C=O)CCC2(C)C3=CC=C4C(=CC(=O)C(O)=C4C)C3(C)CCC12C. The van der Waals surface area contributed by atoms with Crippen LogP contribution in [-0.4, -0.2) is 23.0 Å². The fourth-order valence-corrected chi connectivity index (χ4v) is 7.40. The van der Waals surface area contributed by atoms with Gasteiger partial charge in [-0.15, -0.1) is 0 Å². The first-order valence-electron chi connectivity index (χ1n) is 11.4. The van der Waals surface area contributed by atoms with Gasteiger partial charge in [-0.3, -0.25) is 4.79 Å². The molecule has 4 aliphatic carbocycles. The third-order valence-electron chi connectivity index (χ3n) is 9.65. The molecule has 0 radical (unpaired) electrons. The predicted molar refractivity (Wildman–Crippen MR) is 120 cm³/mol. The summed E-state index contributed by atoms with van der Waals surface area (Å²) in [4.78, 5) is 37.0. The maximum atomic E-state index is 12.5. The van der Waals surface area contributed by atoms with Crippen molar-refractivity contribution in [2.45, 2.75) is 73.6 Å². The van der Waals surface area contributed by atoms with E-state index >= 15 is 0 Å². The number of aliphatic hydroxyl groups excluding tert-OH is 1. The molecular formula is C27H34O4. The summed E-state index contributed by atoms with van der Waals surface area (Å²) >= 11 is 0. The molecular weight excluding hydrogens is 388 g/mol. The molecule has 0 saturated heterocycles. The van der Waals surface area contributed by atoms with E-state index in [1.807, 2.05) is 19.9 Å². The largest absolute Gasteiger partial charge is 0.504 e. The lowest BCUT2D eigenvalue weighted by Gasteiger charge is -2.67. The first-order chi connectivity index (χ1) is 14.3. The van der Waals surface area contributed by atoms with Crippen molar-refractivity contribution in [1.29, 1.82) is 0 Å². The summed E-state index contributed by atoms with van der Waals surface area (Å²) in [7, 11) is 0. The summed E-state index contributed by atoms with van der Waals surface area (Å²) in [6.07, 6.45) is 10.7. The van der Waals surface area contributed by atoms with Gasteiger partial charge in [0.25, 0.3) is 0 Å². The van der Waals surface area contributed by atoms with Gasteiger partial charge in [0.05, 0.1) is 0 Å². The van der Waals surface area contributed by atoms with Crippen LogP contribution in [-0.2, 0) is 14.4 Å². The number of ketones is 2. The Morgan fingerprint density at radius 2 is 1.81 bits per heavy atom. The Morgan fingerprint density at radius 1 is 1.13 bits per heavy atom. The topological polar surface area (TPSA) is 71.4 Å². The molecule has 4 heteroatoms. The van der Waals surface area contributed by atoms with Gasteiger partial charge in [0.15, 0.2) is 5.76 Å². The molecule has 2 saturated carbocycles. The zero-order valence-electron chi connectivity index (χ0n) is 19.6. The second-order valence-corrected chi connectivity index (χ2v) is 11.2. The lowest BCUT2D eigenvalue weighted by molar-refractivity contribution is -0.150. The van der Waals surface area contributed by atoms with Gasteiger partial charge in [0.2, 0.25) is 5.78 Å². The maximum absolute atomic E-state index is 12.5. The van der Waals surface area contributed by atoms with Crippen LogP contribution in [0.25, 0.3) is 0 Å². The number of Topliss-reactive ketones (excluding diaryl/α,β-unsaturated/α-hetero) is 1. The number of allylic oxidation sites excluding steroid dienone is 7. The highest BCUT2D eigenvalue weighted by Gasteiger charge is 2.65. The number of aliphatic hydroxyl groups is 1. The van der Waals surface area contributed by atoms with Crippen LogP contribution in [0.1, 0.15) is 73.6 Å². The Hall–Kier alpha value is -2.23. The lowest BCUT2D eigenvalue weighted by Crippen LogP contribution is -2.60. The van der Waals surface area contributed by atoms with Crippen molar-refractivity contribution >= 4 is 17.9 Å². The van der Waals surface area contributed by atoms with E-state index in [1.54, 1.807) is 13.0 Å². The van der Waals surface area contributed by atoms with E-state index in [2.05, 4.69) is 26.8 Å². The first-order valence-corrected chi connectivity index (χ1v) is 11.4. The average molecular weight is 423 g/mol. The van der Waals surface area contributed by atoms with Gasteiger partial charge in [-0.25, -0.2) is 0 Å².